The van der Waals surface area contributed by atoms with Crippen LogP contribution in [0.4, 0.5) is 0 Å². The van der Waals surface area contributed by atoms with E-state index in [0.29, 0.717) is 11.6 Å². The summed E-state index contributed by atoms with van der Waals surface area (Å²) in [4.78, 5) is 12.1. The fraction of sp³-hybridized carbons (Fsp3) is 0.333. The van der Waals surface area contributed by atoms with Gasteiger partial charge in [-0.1, -0.05) is 41.9 Å². The lowest BCUT2D eigenvalue weighted by molar-refractivity contribution is -0.118. The third-order valence-electron chi connectivity index (χ3n) is 3.32. The lowest BCUT2D eigenvalue weighted by atomic mass is 9.99. The Morgan fingerprint density at radius 1 is 1.40 bits per heavy atom. The first kappa shape index (κ1) is 14.8. The quantitative estimate of drug-likeness (QED) is 0.921. The molecule has 20 heavy (non-hydrogen) atoms. The first-order valence-electron chi connectivity index (χ1n) is 6.49. The molecule has 0 saturated carbocycles. The number of nitrogens with zero attached hydrogens (tertiary/aromatic N) is 2. The second-order valence-electron chi connectivity index (χ2n) is 4.92. The summed E-state index contributed by atoms with van der Waals surface area (Å²) in [7, 11) is 1.76. The number of carbonyl (C=O) groups is 1. The number of carbonyl (C=O) groups excluding carboxylic acids is 1. The zero-order chi connectivity index (χ0) is 14.7. The van der Waals surface area contributed by atoms with Crippen LogP contribution in [0.15, 0.2) is 30.3 Å². The van der Waals surface area contributed by atoms with Crippen LogP contribution in [0.5, 0.6) is 0 Å². The molecule has 106 valence electrons. The molecule has 0 amide bonds. The molecule has 4 nitrogen and oxygen atoms in total. The van der Waals surface area contributed by atoms with Gasteiger partial charge < -0.3 is 5.73 Å². The molecule has 0 saturated heterocycles. The zero-order valence-electron chi connectivity index (χ0n) is 11.6. The molecule has 0 spiro atoms. The molecule has 1 unspecified atom stereocenters. The maximum absolute atomic E-state index is 12.1. The minimum absolute atomic E-state index is 0.0688. The number of nitrogens with two attached hydrogens (primary N) is 1. The van der Waals surface area contributed by atoms with Gasteiger partial charge in [0, 0.05) is 31.5 Å². The van der Waals surface area contributed by atoms with Crippen molar-refractivity contribution in [2.75, 3.05) is 0 Å². The van der Waals surface area contributed by atoms with Gasteiger partial charge in [-0.3, -0.25) is 9.48 Å². The van der Waals surface area contributed by atoms with Gasteiger partial charge in [-0.2, -0.15) is 5.10 Å². The van der Waals surface area contributed by atoms with E-state index in [0.717, 1.165) is 16.8 Å². The summed E-state index contributed by atoms with van der Waals surface area (Å²) in [5.41, 5.74) is 8.61. The van der Waals surface area contributed by atoms with Crippen molar-refractivity contribution in [3.63, 3.8) is 0 Å². The van der Waals surface area contributed by atoms with E-state index in [4.69, 9.17) is 17.3 Å². The molecule has 0 fully saturated rings. The van der Waals surface area contributed by atoms with Crippen LogP contribution in [0.1, 0.15) is 29.3 Å². The first-order chi connectivity index (χ1) is 9.49. The number of Topliss-reactive ketones (excluding diaryl/α,β-unsaturated/α-hetero) is 1. The summed E-state index contributed by atoms with van der Waals surface area (Å²) in [6, 6.07) is 9.35. The summed E-state index contributed by atoms with van der Waals surface area (Å²) >= 11 is 6.13. The van der Waals surface area contributed by atoms with Crippen molar-refractivity contribution in [2.45, 2.75) is 25.8 Å². The van der Waals surface area contributed by atoms with Crippen LogP contribution in [0, 0.1) is 6.92 Å². The van der Waals surface area contributed by atoms with Gasteiger partial charge in [0.05, 0.1) is 5.69 Å². The monoisotopic (exact) mass is 291 g/mol. The van der Waals surface area contributed by atoms with E-state index < -0.39 is 0 Å². The molecule has 0 aliphatic heterocycles. The molecule has 2 rings (SSSR count). The number of ketones is 1. The van der Waals surface area contributed by atoms with Gasteiger partial charge in [-0.15, -0.1) is 0 Å². The molecule has 0 aliphatic rings. The highest BCUT2D eigenvalue weighted by Crippen LogP contribution is 2.21. The molecule has 5 heteroatoms. The molecule has 1 heterocycles. The zero-order valence-corrected chi connectivity index (χ0v) is 12.4. The minimum atomic E-state index is -0.278. The predicted molar refractivity (Wildman–Crippen MR) is 79.7 cm³/mol. The van der Waals surface area contributed by atoms with Crippen LogP contribution in [-0.4, -0.2) is 15.6 Å². The highest BCUT2D eigenvalue weighted by atomic mass is 35.5. The number of aryl methyl sites for hydroxylation is 2. The fourth-order valence-corrected chi connectivity index (χ4v) is 2.45. The van der Waals surface area contributed by atoms with Crippen molar-refractivity contribution in [1.82, 2.24) is 9.78 Å². The Balaban J connectivity index is 2.03. The van der Waals surface area contributed by atoms with Crippen molar-refractivity contribution in [2.24, 2.45) is 12.8 Å². The number of aromatic nitrogens is 2. The van der Waals surface area contributed by atoms with E-state index in [1.807, 2.05) is 37.3 Å². The number of rotatable bonds is 5. The number of benzene rings is 1. The Hall–Kier alpha value is -1.65. The lowest BCUT2D eigenvalue weighted by Gasteiger charge is -2.11. The largest absolute Gasteiger partial charge is 0.324 e. The smallest absolute Gasteiger partial charge is 0.139 e. The topological polar surface area (TPSA) is 60.9 Å². The summed E-state index contributed by atoms with van der Waals surface area (Å²) < 4.78 is 1.58. The van der Waals surface area contributed by atoms with Gasteiger partial charge >= 0.3 is 0 Å². The third kappa shape index (κ3) is 3.26. The van der Waals surface area contributed by atoms with Gasteiger partial charge in [0.2, 0.25) is 0 Å². The fourth-order valence-electron chi connectivity index (χ4n) is 2.21. The van der Waals surface area contributed by atoms with Crippen molar-refractivity contribution in [3.8, 4) is 0 Å². The van der Waals surface area contributed by atoms with Crippen LogP contribution in [0.25, 0.3) is 0 Å². The van der Waals surface area contributed by atoms with Crippen molar-refractivity contribution in [3.05, 3.63) is 52.3 Å². The van der Waals surface area contributed by atoms with Crippen molar-refractivity contribution < 1.29 is 4.79 Å². The highest BCUT2D eigenvalue weighted by Gasteiger charge is 2.17. The average Bonchev–Trinajstić information content (AvgIpc) is 2.66. The molecule has 1 atom stereocenters. The van der Waals surface area contributed by atoms with Gasteiger partial charge in [0.1, 0.15) is 10.9 Å². The van der Waals surface area contributed by atoms with E-state index in [1.165, 1.54) is 0 Å². The van der Waals surface area contributed by atoms with Gasteiger partial charge in [0.15, 0.2) is 0 Å². The average molecular weight is 292 g/mol. The van der Waals surface area contributed by atoms with Gasteiger partial charge in [0.25, 0.3) is 0 Å². The number of hydrogen-bond acceptors (Lipinski definition) is 3. The summed E-state index contributed by atoms with van der Waals surface area (Å²) in [5, 5.41) is 4.72. The molecule has 1 aromatic heterocycles. The Morgan fingerprint density at radius 3 is 2.60 bits per heavy atom. The van der Waals surface area contributed by atoms with Gasteiger partial charge in [-0.25, -0.2) is 0 Å². The van der Waals surface area contributed by atoms with Crippen LogP contribution in [-0.2, 0) is 18.3 Å². The van der Waals surface area contributed by atoms with E-state index in [9.17, 15) is 4.79 Å². The summed E-state index contributed by atoms with van der Waals surface area (Å²) in [5.74, 6) is 0.0688. The highest BCUT2D eigenvalue weighted by molar-refractivity contribution is 6.30. The van der Waals surface area contributed by atoms with Crippen LogP contribution < -0.4 is 5.73 Å². The third-order valence-corrected chi connectivity index (χ3v) is 3.79. The van der Waals surface area contributed by atoms with E-state index in [2.05, 4.69) is 5.10 Å². The van der Waals surface area contributed by atoms with E-state index in [1.54, 1.807) is 11.7 Å². The Morgan fingerprint density at radius 2 is 2.05 bits per heavy atom. The second kappa shape index (κ2) is 6.20. The molecule has 2 N–H and O–H groups in total. The first-order valence-corrected chi connectivity index (χ1v) is 6.87. The molecule has 0 aliphatic carbocycles. The molecule has 2 aromatic rings. The standard InChI is InChI=1S/C15H18ClN3O/c1-10-13(15(16)19(2)18-10)8-12(20)9-14(17)11-6-4-3-5-7-11/h3-7,14H,8-9,17H2,1-2H3. The minimum Gasteiger partial charge on any atom is -0.324 e. The Bertz CT molecular complexity index is 607. The van der Waals surface area contributed by atoms with Gasteiger partial charge in [-0.05, 0) is 12.5 Å². The molecular weight excluding hydrogens is 274 g/mol. The van der Waals surface area contributed by atoms with Crippen LogP contribution in [0.3, 0.4) is 0 Å². The van der Waals surface area contributed by atoms with Crippen LogP contribution >= 0.6 is 11.6 Å². The number of hydrogen-bond donors (Lipinski definition) is 1. The maximum Gasteiger partial charge on any atom is 0.139 e. The number of halogens is 1. The Kier molecular flexibility index (Phi) is 4.57. The van der Waals surface area contributed by atoms with Crippen LogP contribution in [0.2, 0.25) is 5.15 Å². The van der Waals surface area contributed by atoms with Crippen molar-refractivity contribution in [1.29, 1.82) is 0 Å². The second-order valence-corrected chi connectivity index (χ2v) is 5.27. The predicted octanol–water partition coefficient (Wildman–Crippen LogP) is 2.58. The molecule has 1 aromatic carbocycles. The van der Waals surface area contributed by atoms with E-state index in [-0.39, 0.29) is 18.2 Å². The molecule has 0 radical (unpaired) electrons. The van der Waals surface area contributed by atoms with Crippen molar-refractivity contribution >= 4 is 17.4 Å². The SMILES string of the molecule is Cc1nn(C)c(Cl)c1CC(=O)CC(N)c1ccccc1. The Labute approximate surface area is 123 Å². The van der Waals surface area contributed by atoms with E-state index >= 15 is 0 Å². The summed E-state index contributed by atoms with van der Waals surface area (Å²) in [6.07, 6.45) is 0.577. The normalized spacial score (nSPS) is 12.4. The molecule has 0 bridgehead atoms. The lowest BCUT2D eigenvalue weighted by Crippen LogP contribution is -2.16. The maximum atomic E-state index is 12.1. The molecular formula is C15H18ClN3O. The summed E-state index contributed by atoms with van der Waals surface area (Å²) in [6.45, 7) is 1.85.